The molecule has 0 aliphatic heterocycles. The van der Waals surface area contributed by atoms with E-state index >= 15 is 0 Å². The Balaban J connectivity index is 1.86. The molecule has 1 unspecified atom stereocenters. The third-order valence-corrected chi connectivity index (χ3v) is 6.01. The molecule has 36 heavy (non-hydrogen) atoms. The van der Waals surface area contributed by atoms with Crippen LogP contribution in [0.15, 0.2) is 65.5 Å². The summed E-state index contributed by atoms with van der Waals surface area (Å²) in [5.41, 5.74) is 2.78. The van der Waals surface area contributed by atoms with E-state index in [0.29, 0.717) is 28.3 Å². The fraction of sp³-hybridized carbons (Fsp3) is 0.241. The fourth-order valence-corrected chi connectivity index (χ4v) is 4.14. The van der Waals surface area contributed by atoms with Gasteiger partial charge < -0.3 is 9.47 Å². The summed E-state index contributed by atoms with van der Waals surface area (Å²) in [6.45, 7) is 4.30. The van der Waals surface area contributed by atoms with Gasteiger partial charge in [-0.1, -0.05) is 44.0 Å². The average molecular weight is 489 g/mol. The van der Waals surface area contributed by atoms with Crippen LogP contribution in [-0.2, 0) is 11.3 Å². The number of benzene rings is 3. The maximum atomic E-state index is 13.9. The van der Waals surface area contributed by atoms with Crippen molar-refractivity contribution in [3.63, 3.8) is 0 Å². The highest BCUT2D eigenvalue weighted by Crippen LogP contribution is 2.31. The lowest BCUT2D eigenvalue weighted by atomic mass is 9.99. The van der Waals surface area contributed by atoms with E-state index in [0.717, 1.165) is 11.6 Å². The SMILES string of the molecule is C#CCOc1ccc2c(c1)c(-c1ccc(C(C)C)cc1)nc(=O)n2CC(OC)c1cc(F)cc(F)c1. The van der Waals surface area contributed by atoms with Crippen molar-refractivity contribution >= 4 is 10.9 Å². The smallest absolute Gasteiger partial charge is 0.348 e. The minimum Gasteiger partial charge on any atom is -0.481 e. The Morgan fingerprint density at radius 1 is 1.00 bits per heavy atom. The summed E-state index contributed by atoms with van der Waals surface area (Å²) in [6.07, 6.45) is 4.55. The summed E-state index contributed by atoms with van der Waals surface area (Å²) < 4.78 is 40.3. The van der Waals surface area contributed by atoms with Gasteiger partial charge in [-0.25, -0.2) is 13.6 Å². The molecule has 1 heterocycles. The molecule has 1 atom stereocenters. The molecule has 0 aliphatic carbocycles. The van der Waals surface area contributed by atoms with E-state index in [1.54, 1.807) is 18.2 Å². The first-order chi connectivity index (χ1) is 17.3. The molecule has 0 bridgehead atoms. The molecule has 0 saturated heterocycles. The van der Waals surface area contributed by atoms with E-state index in [4.69, 9.17) is 15.9 Å². The quantitative estimate of drug-likeness (QED) is 0.291. The molecule has 4 rings (SSSR count). The lowest BCUT2D eigenvalue weighted by molar-refractivity contribution is 0.0872. The van der Waals surface area contributed by atoms with E-state index < -0.39 is 23.4 Å². The number of hydrogen-bond acceptors (Lipinski definition) is 4. The Morgan fingerprint density at radius 3 is 2.31 bits per heavy atom. The lowest BCUT2D eigenvalue weighted by Gasteiger charge is -2.20. The van der Waals surface area contributed by atoms with Gasteiger partial charge in [-0.3, -0.25) is 4.57 Å². The predicted molar refractivity (Wildman–Crippen MR) is 136 cm³/mol. The molecule has 0 aliphatic rings. The van der Waals surface area contributed by atoms with E-state index in [9.17, 15) is 13.6 Å². The summed E-state index contributed by atoms with van der Waals surface area (Å²) in [7, 11) is 1.42. The van der Waals surface area contributed by atoms with Crippen molar-refractivity contribution in [3.05, 3.63) is 93.9 Å². The normalized spacial score (nSPS) is 12.0. The van der Waals surface area contributed by atoms with E-state index in [1.807, 2.05) is 24.3 Å². The third-order valence-electron chi connectivity index (χ3n) is 6.01. The Kier molecular flexibility index (Phi) is 7.47. The number of halogens is 2. The van der Waals surface area contributed by atoms with Crippen LogP contribution in [0.1, 0.15) is 37.0 Å². The molecule has 3 aromatic carbocycles. The van der Waals surface area contributed by atoms with Crippen molar-refractivity contribution in [1.82, 2.24) is 9.55 Å². The van der Waals surface area contributed by atoms with Gasteiger partial charge in [0, 0.05) is 24.1 Å². The largest absolute Gasteiger partial charge is 0.481 e. The van der Waals surface area contributed by atoms with Crippen LogP contribution in [0.2, 0.25) is 0 Å². The number of terminal acetylenes is 1. The summed E-state index contributed by atoms with van der Waals surface area (Å²) >= 11 is 0. The molecule has 0 spiro atoms. The average Bonchev–Trinajstić information content (AvgIpc) is 2.86. The van der Waals surface area contributed by atoms with Gasteiger partial charge in [0.2, 0.25) is 0 Å². The summed E-state index contributed by atoms with van der Waals surface area (Å²) in [4.78, 5) is 17.7. The number of nitrogens with zero attached hydrogens (tertiary/aromatic N) is 2. The van der Waals surface area contributed by atoms with Crippen LogP contribution >= 0.6 is 0 Å². The van der Waals surface area contributed by atoms with Gasteiger partial charge in [0.05, 0.1) is 17.8 Å². The van der Waals surface area contributed by atoms with Crippen LogP contribution in [0.5, 0.6) is 5.75 Å². The lowest BCUT2D eigenvalue weighted by Crippen LogP contribution is -2.27. The zero-order chi connectivity index (χ0) is 25.8. The van der Waals surface area contributed by atoms with Crippen molar-refractivity contribution in [2.45, 2.75) is 32.4 Å². The molecule has 0 radical (unpaired) electrons. The minimum absolute atomic E-state index is 0.00114. The summed E-state index contributed by atoms with van der Waals surface area (Å²) in [6, 6.07) is 16.3. The second kappa shape index (κ2) is 10.7. The number of ether oxygens (including phenoxy) is 2. The van der Waals surface area contributed by atoms with Gasteiger partial charge in [0.1, 0.15) is 30.1 Å². The van der Waals surface area contributed by atoms with Crippen LogP contribution in [0.4, 0.5) is 8.78 Å². The van der Waals surface area contributed by atoms with Crippen LogP contribution < -0.4 is 10.4 Å². The third kappa shape index (κ3) is 5.29. The molecule has 0 fully saturated rings. The van der Waals surface area contributed by atoms with Gasteiger partial charge in [-0.15, -0.1) is 6.42 Å². The maximum Gasteiger partial charge on any atom is 0.348 e. The molecule has 4 aromatic rings. The van der Waals surface area contributed by atoms with Crippen LogP contribution in [0.25, 0.3) is 22.2 Å². The van der Waals surface area contributed by atoms with Crippen LogP contribution in [0.3, 0.4) is 0 Å². The molecule has 0 saturated carbocycles. The van der Waals surface area contributed by atoms with E-state index in [1.165, 1.54) is 29.4 Å². The van der Waals surface area contributed by atoms with E-state index in [-0.39, 0.29) is 18.7 Å². The molecular formula is C29H26F2N2O3. The highest BCUT2D eigenvalue weighted by Gasteiger charge is 2.19. The van der Waals surface area contributed by atoms with Crippen LogP contribution in [0, 0.1) is 24.0 Å². The number of hydrogen-bond donors (Lipinski definition) is 0. The first kappa shape index (κ1) is 25.1. The van der Waals surface area contributed by atoms with Gasteiger partial charge in [0.15, 0.2) is 0 Å². The van der Waals surface area contributed by atoms with Crippen molar-refractivity contribution < 1.29 is 18.3 Å². The molecule has 0 N–H and O–H groups in total. The van der Waals surface area contributed by atoms with Gasteiger partial charge in [-0.05, 0) is 47.4 Å². The van der Waals surface area contributed by atoms with Crippen molar-refractivity contribution in [2.24, 2.45) is 0 Å². The number of fused-ring (bicyclic) bond motifs is 1. The predicted octanol–water partition coefficient (Wildman–Crippen LogP) is 5.86. The monoisotopic (exact) mass is 488 g/mol. The van der Waals surface area contributed by atoms with Crippen molar-refractivity contribution in [3.8, 4) is 29.4 Å². The second-order valence-electron chi connectivity index (χ2n) is 8.73. The molecule has 1 aromatic heterocycles. The van der Waals surface area contributed by atoms with Crippen molar-refractivity contribution in [2.75, 3.05) is 13.7 Å². The highest BCUT2D eigenvalue weighted by molar-refractivity contribution is 5.93. The zero-order valence-electron chi connectivity index (χ0n) is 20.3. The molecule has 7 heteroatoms. The zero-order valence-corrected chi connectivity index (χ0v) is 20.3. The Hall–Kier alpha value is -4.02. The molecule has 5 nitrogen and oxygen atoms in total. The molecular weight excluding hydrogens is 462 g/mol. The maximum absolute atomic E-state index is 13.9. The number of methoxy groups -OCH3 is 1. The number of aromatic nitrogens is 2. The Morgan fingerprint density at radius 2 is 1.69 bits per heavy atom. The molecule has 0 amide bonds. The molecule has 184 valence electrons. The van der Waals surface area contributed by atoms with Gasteiger partial charge >= 0.3 is 5.69 Å². The second-order valence-corrected chi connectivity index (χ2v) is 8.73. The topological polar surface area (TPSA) is 53.3 Å². The first-order valence-corrected chi connectivity index (χ1v) is 11.5. The highest BCUT2D eigenvalue weighted by atomic mass is 19.1. The Bertz CT molecular complexity index is 1470. The minimum atomic E-state index is -0.786. The number of rotatable bonds is 8. The van der Waals surface area contributed by atoms with Crippen molar-refractivity contribution in [1.29, 1.82) is 0 Å². The fourth-order valence-electron chi connectivity index (χ4n) is 4.14. The van der Waals surface area contributed by atoms with Gasteiger partial charge in [-0.2, -0.15) is 4.98 Å². The standard InChI is InChI=1S/C29H26F2N2O3/c1-5-12-36-24-10-11-26-25(16-24)28(20-8-6-19(7-9-20)18(2)3)32-29(34)33(26)17-27(35-4)21-13-22(30)15-23(31)14-21/h1,6-11,13-16,18,27H,12,17H2,2-4H3. The van der Waals surface area contributed by atoms with Crippen LogP contribution in [-0.4, -0.2) is 23.3 Å². The summed E-state index contributed by atoms with van der Waals surface area (Å²) in [5.74, 6) is 1.88. The summed E-state index contributed by atoms with van der Waals surface area (Å²) in [5, 5.41) is 0.668. The first-order valence-electron chi connectivity index (χ1n) is 11.5. The van der Waals surface area contributed by atoms with Gasteiger partial charge in [0.25, 0.3) is 0 Å². The Labute approximate surface area is 208 Å². The van der Waals surface area contributed by atoms with E-state index in [2.05, 4.69) is 24.8 Å².